The van der Waals surface area contributed by atoms with Gasteiger partial charge in [-0.3, -0.25) is 19.9 Å². The van der Waals surface area contributed by atoms with Crippen LogP contribution in [0.3, 0.4) is 0 Å². The summed E-state index contributed by atoms with van der Waals surface area (Å²) in [6, 6.07) is 7.26. The van der Waals surface area contributed by atoms with Gasteiger partial charge in [0.25, 0.3) is 0 Å². The summed E-state index contributed by atoms with van der Waals surface area (Å²) in [5.74, 6) is 0.204. The van der Waals surface area contributed by atoms with E-state index in [1.165, 1.54) is 25.5 Å². The lowest BCUT2D eigenvalue weighted by Crippen LogP contribution is -2.56. The quantitative estimate of drug-likeness (QED) is 0.627. The third kappa shape index (κ3) is 3.85. The molecular weight excluding hydrogens is 310 g/mol. The van der Waals surface area contributed by atoms with Crippen LogP contribution < -0.4 is 4.74 Å². The van der Waals surface area contributed by atoms with E-state index >= 15 is 0 Å². The van der Waals surface area contributed by atoms with Crippen molar-refractivity contribution in [2.45, 2.75) is 38.0 Å². The van der Waals surface area contributed by atoms with Crippen molar-refractivity contribution in [3.05, 3.63) is 34.4 Å². The maximum atomic E-state index is 11.0. The Morgan fingerprint density at radius 1 is 1.42 bits per heavy atom. The number of para-hydroxylation sites is 2. The molecule has 0 unspecified atom stereocenters. The third-order valence-electron chi connectivity index (χ3n) is 5.00. The summed E-state index contributed by atoms with van der Waals surface area (Å²) in [4.78, 5) is 15.4. The van der Waals surface area contributed by atoms with Gasteiger partial charge < -0.3 is 9.84 Å². The Hall–Kier alpha value is -1.70. The molecule has 2 heterocycles. The standard InChI is InChI=1S/C17H25N3O4/c1-13-9-18-8-4-5-14(18)10-19(13)11-15(21)12-24-17-7-3-2-6-16(17)20(22)23/h2-3,6-7,13-15,21H,4-5,8-12H2,1H3/t13-,14+,15-/m1/s1. The molecule has 2 aliphatic heterocycles. The summed E-state index contributed by atoms with van der Waals surface area (Å²) in [6.45, 7) is 5.98. The van der Waals surface area contributed by atoms with Crippen LogP contribution in [0.1, 0.15) is 19.8 Å². The summed E-state index contributed by atoms with van der Waals surface area (Å²) in [5, 5.41) is 21.3. The van der Waals surface area contributed by atoms with Crippen molar-refractivity contribution >= 4 is 5.69 Å². The van der Waals surface area contributed by atoms with Crippen molar-refractivity contribution < 1.29 is 14.8 Å². The number of rotatable bonds is 6. The molecule has 0 amide bonds. The van der Waals surface area contributed by atoms with Gasteiger partial charge in [-0.15, -0.1) is 0 Å². The first-order valence-electron chi connectivity index (χ1n) is 8.57. The van der Waals surface area contributed by atoms with Crippen molar-refractivity contribution in [3.63, 3.8) is 0 Å². The highest BCUT2D eigenvalue weighted by molar-refractivity contribution is 5.45. The minimum atomic E-state index is -0.666. The smallest absolute Gasteiger partial charge is 0.310 e. The molecule has 7 heteroatoms. The largest absolute Gasteiger partial charge is 0.484 e. The molecule has 7 nitrogen and oxygen atoms in total. The number of fused-ring (bicyclic) bond motifs is 1. The van der Waals surface area contributed by atoms with E-state index < -0.39 is 11.0 Å². The van der Waals surface area contributed by atoms with Crippen molar-refractivity contribution in [3.8, 4) is 5.75 Å². The average molecular weight is 335 g/mol. The molecule has 1 N–H and O–H groups in total. The summed E-state index contributed by atoms with van der Waals surface area (Å²) >= 11 is 0. The van der Waals surface area contributed by atoms with Crippen molar-refractivity contribution in [2.75, 3.05) is 32.8 Å². The number of piperazine rings is 1. The van der Waals surface area contributed by atoms with Gasteiger partial charge in [-0.05, 0) is 32.4 Å². The molecule has 24 heavy (non-hydrogen) atoms. The minimum Gasteiger partial charge on any atom is -0.484 e. The van der Waals surface area contributed by atoms with Crippen LogP contribution in [0.15, 0.2) is 24.3 Å². The van der Waals surface area contributed by atoms with E-state index in [0.717, 1.165) is 13.1 Å². The zero-order valence-electron chi connectivity index (χ0n) is 14.0. The molecule has 0 spiro atoms. The van der Waals surface area contributed by atoms with Crippen molar-refractivity contribution in [1.29, 1.82) is 0 Å². The number of nitro groups is 1. The molecule has 1 aromatic rings. The monoisotopic (exact) mass is 335 g/mol. The molecule has 2 aliphatic rings. The highest BCUT2D eigenvalue weighted by Gasteiger charge is 2.34. The molecule has 0 saturated carbocycles. The van der Waals surface area contributed by atoms with Crippen LogP contribution in [0.4, 0.5) is 5.69 Å². The normalized spacial score (nSPS) is 26.1. The second kappa shape index (κ2) is 7.46. The highest BCUT2D eigenvalue weighted by Crippen LogP contribution is 2.27. The van der Waals surface area contributed by atoms with Gasteiger partial charge in [-0.1, -0.05) is 12.1 Å². The number of ether oxygens (including phenoxy) is 1. The Labute approximate surface area is 142 Å². The Kier molecular flexibility index (Phi) is 5.33. The van der Waals surface area contributed by atoms with Crippen LogP contribution in [-0.2, 0) is 0 Å². The van der Waals surface area contributed by atoms with Gasteiger partial charge in [-0.25, -0.2) is 0 Å². The maximum Gasteiger partial charge on any atom is 0.310 e. The minimum absolute atomic E-state index is 0.0580. The van der Waals surface area contributed by atoms with Crippen LogP contribution in [0.25, 0.3) is 0 Å². The lowest BCUT2D eigenvalue weighted by atomic mass is 10.1. The number of aliphatic hydroxyl groups is 1. The number of hydrogen-bond acceptors (Lipinski definition) is 6. The van der Waals surface area contributed by atoms with Crippen LogP contribution >= 0.6 is 0 Å². The fourth-order valence-electron chi connectivity index (χ4n) is 3.74. The first kappa shape index (κ1) is 17.1. The van der Waals surface area contributed by atoms with Crippen molar-refractivity contribution in [2.24, 2.45) is 0 Å². The lowest BCUT2D eigenvalue weighted by molar-refractivity contribution is -0.385. The number of nitro benzene ring substituents is 1. The lowest BCUT2D eigenvalue weighted by Gasteiger charge is -2.42. The van der Waals surface area contributed by atoms with E-state index in [2.05, 4.69) is 16.7 Å². The van der Waals surface area contributed by atoms with Gasteiger partial charge in [0, 0.05) is 37.8 Å². The maximum absolute atomic E-state index is 11.0. The topological polar surface area (TPSA) is 79.1 Å². The number of benzene rings is 1. The Balaban J connectivity index is 1.52. The molecular formula is C17H25N3O4. The Morgan fingerprint density at radius 2 is 2.21 bits per heavy atom. The summed E-state index contributed by atoms with van der Waals surface area (Å²) in [5.41, 5.74) is -0.0716. The fraction of sp³-hybridized carbons (Fsp3) is 0.647. The SMILES string of the molecule is C[C@@H]1CN2CCC[C@H]2CN1C[C@@H](O)COc1ccccc1[N+](=O)[O-]. The summed E-state index contributed by atoms with van der Waals surface area (Å²) < 4.78 is 5.49. The van der Waals surface area contributed by atoms with Crippen LogP contribution in [0.5, 0.6) is 5.75 Å². The highest BCUT2D eigenvalue weighted by atomic mass is 16.6. The van der Waals surface area contributed by atoms with Gasteiger partial charge in [0.2, 0.25) is 0 Å². The molecule has 0 radical (unpaired) electrons. The number of hydrogen-bond donors (Lipinski definition) is 1. The molecule has 132 valence electrons. The van der Waals surface area contributed by atoms with Crippen LogP contribution in [0.2, 0.25) is 0 Å². The summed E-state index contributed by atoms with van der Waals surface area (Å²) in [7, 11) is 0. The molecule has 0 bridgehead atoms. The first-order chi connectivity index (χ1) is 11.5. The predicted octanol–water partition coefficient (Wildman–Crippen LogP) is 1.50. The number of nitrogens with zero attached hydrogens (tertiary/aromatic N) is 3. The Bertz CT molecular complexity index is 583. The molecule has 0 aromatic heterocycles. The van der Waals surface area contributed by atoms with Gasteiger partial charge in [0.15, 0.2) is 5.75 Å². The van der Waals surface area contributed by atoms with Crippen LogP contribution in [-0.4, -0.2) is 70.8 Å². The van der Waals surface area contributed by atoms with E-state index in [0.29, 0.717) is 18.6 Å². The molecule has 2 fully saturated rings. The Morgan fingerprint density at radius 3 is 3.00 bits per heavy atom. The van der Waals surface area contributed by atoms with Crippen LogP contribution in [0, 0.1) is 10.1 Å². The summed E-state index contributed by atoms with van der Waals surface area (Å²) in [6.07, 6.45) is 1.82. The third-order valence-corrected chi connectivity index (χ3v) is 5.00. The van der Waals surface area contributed by atoms with E-state index in [1.54, 1.807) is 18.2 Å². The predicted molar refractivity (Wildman–Crippen MR) is 90.2 cm³/mol. The van der Waals surface area contributed by atoms with Gasteiger partial charge in [0.1, 0.15) is 12.7 Å². The number of aliphatic hydroxyl groups excluding tert-OH is 1. The molecule has 3 rings (SSSR count). The fourth-order valence-corrected chi connectivity index (χ4v) is 3.74. The average Bonchev–Trinajstić information content (AvgIpc) is 3.00. The van der Waals surface area contributed by atoms with E-state index in [-0.39, 0.29) is 18.0 Å². The first-order valence-corrected chi connectivity index (χ1v) is 8.57. The van der Waals surface area contributed by atoms with Gasteiger partial charge in [-0.2, -0.15) is 0 Å². The molecule has 3 atom stereocenters. The zero-order chi connectivity index (χ0) is 17.1. The van der Waals surface area contributed by atoms with E-state index in [1.807, 2.05) is 0 Å². The second-order valence-corrected chi connectivity index (χ2v) is 6.78. The number of β-amino-alcohol motifs (C(OH)–C–C–N with tert-alkyl or cyclic N) is 1. The zero-order valence-corrected chi connectivity index (χ0v) is 14.0. The van der Waals surface area contributed by atoms with Gasteiger partial charge in [0.05, 0.1) is 4.92 Å². The second-order valence-electron chi connectivity index (χ2n) is 6.78. The van der Waals surface area contributed by atoms with Gasteiger partial charge >= 0.3 is 5.69 Å². The molecule has 2 saturated heterocycles. The molecule has 1 aromatic carbocycles. The van der Waals surface area contributed by atoms with E-state index in [4.69, 9.17) is 4.74 Å². The molecule has 0 aliphatic carbocycles. The van der Waals surface area contributed by atoms with E-state index in [9.17, 15) is 15.2 Å². The van der Waals surface area contributed by atoms with Crippen molar-refractivity contribution in [1.82, 2.24) is 9.80 Å².